The first-order valence-corrected chi connectivity index (χ1v) is 6.20. The van der Waals surface area contributed by atoms with Gasteiger partial charge >= 0.3 is 0 Å². The Labute approximate surface area is 123 Å². The second-order valence-electron chi connectivity index (χ2n) is 3.17. The van der Waals surface area contributed by atoms with Gasteiger partial charge in [-0.3, -0.25) is 0 Å². The van der Waals surface area contributed by atoms with Crippen molar-refractivity contribution in [2.24, 2.45) is 0 Å². The van der Waals surface area contributed by atoms with Crippen molar-refractivity contribution in [1.29, 1.82) is 0 Å². The van der Waals surface area contributed by atoms with E-state index in [2.05, 4.69) is 45.5 Å². The maximum atomic E-state index is 9.43. The van der Waals surface area contributed by atoms with Crippen LogP contribution in [0.3, 0.4) is 0 Å². The normalized spacial score (nSPS) is 10.4. The van der Waals surface area contributed by atoms with Crippen LogP contribution < -0.4 is 5.32 Å². The topological polar surface area (TPSA) is 70.9 Å². The zero-order valence-electron chi connectivity index (χ0n) is 8.59. The van der Waals surface area contributed by atoms with Crippen LogP contribution >= 0.6 is 48.5 Å². The van der Waals surface area contributed by atoms with Crippen molar-refractivity contribution >= 4 is 60.1 Å². The van der Waals surface area contributed by atoms with Crippen LogP contribution in [0.25, 0.3) is 0 Å². The van der Waals surface area contributed by atoms with Crippen molar-refractivity contribution in [3.05, 3.63) is 22.2 Å². The standard InChI is InChI=1S/C9H6Cl2N4OS2/c10-4-1-3(2-5(11)6(4)16)12-7-13-8(17)15-9(18)14-7/h1-2,16H,(H3,12,13,14,15,17,18). The zero-order valence-corrected chi connectivity index (χ0v) is 11.9. The number of phenols is 1. The van der Waals surface area contributed by atoms with Crippen molar-refractivity contribution in [1.82, 2.24) is 15.0 Å². The predicted molar refractivity (Wildman–Crippen MR) is 75.7 cm³/mol. The number of aromatic hydroxyl groups is 1. The number of phenolic OH excluding ortho intramolecular Hbond substituents is 1. The van der Waals surface area contributed by atoms with Crippen LogP contribution in [-0.4, -0.2) is 20.1 Å². The average molecular weight is 321 g/mol. The Balaban J connectivity index is 2.34. The predicted octanol–water partition coefficient (Wildman–Crippen LogP) is 3.20. The number of anilines is 2. The maximum absolute atomic E-state index is 9.43. The molecule has 0 radical (unpaired) electrons. The number of aromatic nitrogens is 3. The Morgan fingerprint density at radius 1 is 1.00 bits per heavy atom. The first-order chi connectivity index (χ1) is 8.45. The van der Waals surface area contributed by atoms with E-state index in [9.17, 15) is 5.11 Å². The summed E-state index contributed by atoms with van der Waals surface area (Å²) < 4.78 is 0. The third-order valence-corrected chi connectivity index (χ3v) is 2.86. The van der Waals surface area contributed by atoms with Gasteiger partial charge in [-0.25, -0.2) is 0 Å². The molecule has 0 atom stereocenters. The molecule has 1 aromatic carbocycles. The van der Waals surface area contributed by atoms with Gasteiger partial charge in [0, 0.05) is 5.69 Å². The highest BCUT2D eigenvalue weighted by atomic mass is 35.5. The Hall–Kier alpha value is -0.890. The lowest BCUT2D eigenvalue weighted by Crippen LogP contribution is -2.00. The quantitative estimate of drug-likeness (QED) is 0.505. The van der Waals surface area contributed by atoms with Crippen molar-refractivity contribution in [3.63, 3.8) is 0 Å². The summed E-state index contributed by atoms with van der Waals surface area (Å²) in [5.74, 6) is 0.0714. The van der Waals surface area contributed by atoms with Crippen molar-refractivity contribution in [2.75, 3.05) is 5.32 Å². The van der Waals surface area contributed by atoms with Gasteiger partial charge in [0.1, 0.15) is 0 Å². The van der Waals surface area contributed by atoms with E-state index in [4.69, 9.17) is 23.2 Å². The van der Waals surface area contributed by atoms with E-state index in [-0.39, 0.29) is 32.1 Å². The fourth-order valence-corrected chi connectivity index (χ4v) is 2.12. The minimum absolute atomic E-state index is 0.122. The number of nitrogens with zero attached hydrogens (tertiary/aromatic N) is 3. The Morgan fingerprint density at radius 2 is 1.50 bits per heavy atom. The van der Waals surface area contributed by atoms with E-state index in [0.717, 1.165) is 0 Å². The fraction of sp³-hybridized carbons (Fsp3) is 0. The molecule has 0 aliphatic heterocycles. The second-order valence-corrected chi connectivity index (χ2v) is 4.79. The van der Waals surface area contributed by atoms with Crippen LogP contribution in [0.5, 0.6) is 5.75 Å². The molecular weight excluding hydrogens is 315 g/mol. The van der Waals surface area contributed by atoms with Crippen molar-refractivity contribution in [2.45, 2.75) is 10.3 Å². The largest absolute Gasteiger partial charge is 0.505 e. The lowest BCUT2D eigenvalue weighted by Gasteiger charge is -2.07. The first-order valence-electron chi connectivity index (χ1n) is 4.55. The molecule has 2 N–H and O–H groups in total. The van der Waals surface area contributed by atoms with E-state index in [1.165, 1.54) is 12.1 Å². The van der Waals surface area contributed by atoms with Gasteiger partial charge in [-0.05, 0) is 12.1 Å². The number of benzene rings is 1. The monoisotopic (exact) mass is 320 g/mol. The number of hydrogen-bond donors (Lipinski definition) is 4. The van der Waals surface area contributed by atoms with Crippen molar-refractivity contribution in [3.8, 4) is 5.75 Å². The Morgan fingerprint density at radius 3 is 2.00 bits per heavy atom. The molecule has 0 bridgehead atoms. The van der Waals surface area contributed by atoms with E-state index < -0.39 is 0 Å². The van der Waals surface area contributed by atoms with Crippen LogP contribution in [0, 0.1) is 0 Å². The van der Waals surface area contributed by atoms with Crippen LogP contribution in [-0.2, 0) is 0 Å². The smallest absolute Gasteiger partial charge is 0.232 e. The van der Waals surface area contributed by atoms with Crippen LogP contribution in [0.1, 0.15) is 0 Å². The van der Waals surface area contributed by atoms with Gasteiger partial charge in [-0.1, -0.05) is 23.2 Å². The molecule has 0 saturated carbocycles. The molecule has 0 fully saturated rings. The first kappa shape index (κ1) is 13.5. The molecule has 2 rings (SSSR count). The molecule has 0 unspecified atom stereocenters. The molecule has 94 valence electrons. The summed E-state index contributed by atoms with van der Waals surface area (Å²) in [6.07, 6.45) is 0. The van der Waals surface area contributed by atoms with Gasteiger partial charge in [0.25, 0.3) is 0 Å². The van der Waals surface area contributed by atoms with E-state index in [1.54, 1.807) is 0 Å². The summed E-state index contributed by atoms with van der Waals surface area (Å²) in [4.78, 5) is 11.7. The average Bonchev–Trinajstić information content (AvgIpc) is 2.24. The lowest BCUT2D eigenvalue weighted by atomic mass is 10.3. The van der Waals surface area contributed by atoms with E-state index in [1.807, 2.05) is 0 Å². The van der Waals surface area contributed by atoms with Crippen LogP contribution in [0.15, 0.2) is 22.4 Å². The molecule has 0 spiro atoms. The van der Waals surface area contributed by atoms with Crippen LogP contribution in [0.4, 0.5) is 11.6 Å². The summed E-state index contributed by atoms with van der Waals surface area (Å²) in [5, 5.41) is 13.0. The SMILES string of the molecule is Oc1c(Cl)cc(Nc2nc(S)nc(S)n2)cc1Cl. The van der Waals surface area contributed by atoms with Gasteiger partial charge in [-0.15, -0.1) is 25.3 Å². The molecule has 0 aliphatic rings. The Kier molecular flexibility index (Phi) is 4.06. The highest BCUT2D eigenvalue weighted by molar-refractivity contribution is 7.80. The number of halogens is 2. The molecule has 5 nitrogen and oxygen atoms in total. The van der Waals surface area contributed by atoms with E-state index >= 15 is 0 Å². The molecular formula is C9H6Cl2N4OS2. The molecule has 1 heterocycles. The molecule has 1 aromatic heterocycles. The molecule has 0 saturated heterocycles. The van der Waals surface area contributed by atoms with Gasteiger partial charge in [0.2, 0.25) is 5.95 Å². The lowest BCUT2D eigenvalue weighted by molar-refractivity contribution is 0.476. The highest BCUT2D eigenvalue weighted by Gasteiger charge is 2.08. The van der Waals surface area contributed by atoms with E-state index in [0.29, 0.717) is 5.69 Å². The molecule has 18 heavy (non-hydrogen) atoms. The minimum atomic E-state index is -0.177. The van der Waals surface area contributed by atoms with Crippen LogP contribution in [0.2, 0.25) is 10.0 Å². The summed E-state index contributed by atoms with van der Waals surface area (Å²) in [5.41, 5.74) is 0.523. The molecule has 9 heteroatoms. The third kappa shape index (κ3) is 3.11. The summed E-state index contributed by atoms with van der Waals surface area (Å²) in [6.45, 7) is 0. The Bertz CT molecular complexity index is 568. The van der Waals surface area contributed by atoms with Gasteiger partial charge < -0.3 is 10.4 Å². The number of thiol groups is 2. The minimum Gasteiger partial charge on any atom is -0.505 e. The van der Waals surface area contributed by atoms with Gasteiger partial charge in [0.15, 0.2) is 16.1 Å². The summed E-state index contributed by atoms with van der Waals surface area (Å²) in [7, 11) is 0. The zero-order chi connectivity index (χ0) is 13.3. The highest BCUT2D eigenvalue weighted by Crippen LogP contribution is 2.35. The maximum Gasteiger partial charge on any atom is 0.232 e. The molecule has 0 aliphatic carbocycles. The number of nitrogens with one attached hydrogen (secondary N) is 1. The van der Waals surface area contributed by atoms with Gasteiger partial charge in [0.05, 0.1) is 10.0 Å². The van der Waals surface area contributed by atoms with Crippen molar-refractivity contribution < 1.29 is 5.11 Å². The fourth-order valence-electron chi connectivity index (χ4n) is 1.18. The second kappa shape index (κ2) is 5.40. The number of rotatable bonds is 2. The summed E-state index contributed by atoms with van der Waals surface area (Å²) >= 11 is 19.6. The summed E-state index contributed by atoms with van der Waals surface area (Å²) in [6, 6.07) is 2.98. The van der Waals surface area contributed by atoms with Gasteiger partial charge in [-0.2, -0.15) is 15.0 Å². The number of hydrogen-bond acceptors (Lipinski definition) is 7. The molecule has 2 aromatic rings. The molecule has 0 amide bonds. The third-order valence-electron chi connectivity index (χ3n) is 1.88.